The van der Waals surface area contributed by atoms with Crippen molar-refractivity contribution in [2.24, 2.45) is 11.3 Å². The molecule has 1 rings (SSSR count). The zero-order valence-corrected chi connectivity index (χ0v) is 13.1. The quantitative estimate of drug-likeness (QED) is 0.804. The van der Waals surface area contributed by atoms with Crippen LogP contribution in [0.25, 0.3) is 0 Å². The first-order valence-electron chi connectivity index (χ1n) is 7.30. The highest BCUT2D eigenvalue weighted by Crippen LogP contribution is 2.41. The van der Waals surface area contributed by atoms with Gasteiger partial charge in [0.05, 0.1) is 0 Å². The van der Waals surface area contributed by atoms with Gasteiger partial charge in [-0.25, -0.2) is 0 Å². The third-order valence-electron chi connectivity index (χ3n) is 4.50. The Kier molecular flexibility index (Phi) is 5.39. The fourth-order valence-corrected chi connectivity index (χ4v) is 2.96. The molecule has 0 unspecified atom stereocenters. The molecule has 19 heavy (non-hydrogen) atoms. The SMILES string of the molecule is CN(C)CCNC1(C(=O)O)CCC(C(C)(C)C)CC1. The van der Waals surface area contributed by atoms with Crippen LogP contribution in [0.4, 0.5) is 0 Å². The van der Waals surface area contributed by atoms with Crippen molar-refractivity contribution in [2.75, 3.05) is 27.2 Å². The summed E-state index contributed by atoms with van der Waals surface area (Å²) in [4.78, 5) is 13.7. The van der Waals surface area contributed by atoms with E-state index in [0.717, 1.165) is 38.8 Å². The summed E-state index contributed by atoms with van der Waals surface area (Å²) in [6.07, 6.45) is 3.50. The highest BCUT2D eigenvalue weighted by molar-refractivity contribution is 5.78. The Balaban J connectivity index is 2.59. The van der Waals surface area contributed by atoms with E-state index >= 15 is 0 Å². The van der Waals surface area contributed by atoms with E-state index < -0.39 is 11.5 Å². The molecule has 4 nitrogen and oxygen atoms in total. The average Bonchev–Trinajstić information content (AvgIpc) is 2.27. The summed E-state index contributed by atoms with van der Waals surface area (Å²) in [5.74, 6) is -0.0470. The smallest absolute Gasteiger partial charge is 0.323 e. The van der Waals surface area contributed by atoms with Gasteiger partial charge in [-0.15, -0.1) is 0 Å². The first kappa shape index (κ1) is 16.4. The minimum absolute atomic E-state index is 0.286. The third-order valence-corrected chi connectivity index (χ3v) is 4.50. The van der Waals surface area contributed by atoms with E-state index in [4.69, 9.17) is 0 Å². The van der Waals surface area contributed by atoms with Crippen molar-refractivity contribution in [2.45, 2.75) is 52.0 Å². The summed E-state index contributed by atoms with van der Waals surface area (Å²) < 4.78 is 0. The molecule has 1 fully saturated rings. The minimum atomic E-state index is -0.697. The lowest BCUT2D eigenvalue weighted by molar-refractivity contribution is -0.147. The standard InChI is InChI=1S/C15H30N2O2/c1-14(2,3)12-6-8-15(9-7-12,13(18)19)16-10-11-17(4)5/h12,16H,6-11H2,1-5H3,(H,18,19). The van der Waals surface area contributed by atoms with E-state index in [1.165, 1.54) is 0 Å². The molecule has 0 aromatic heterocycles. The van der Waals surface area contributed by atoms with E-state index in [-0.39, 0.29) is 5.41 Å². The van der Waals surface area contributed by atoms with Crippen LogP contribution in [0.1, 0.15) is 46.5 Å². The molecule has 0 heterocycles. The van der Waals surface area contributed by atoms with Crippen molar-refractivity contribution in [3.05, 3.63) is 0 Å². The van der Waals surface area contributed by atoms with Crippen LogP contribution in [-0.4, -0.2) is 48.7 Å². The van der Waals surface area contributed by atoms with Crippen molar-refractivity contribution in [1.29, 1.82) is 0 Å². The van der Waals surface area contributed by atoms with Gasteiger partial charge in [-0.2, -0.15) is 0 Å². The normalized spacial score (nSPS) is 28.6. The molecule has 0 aromatic rings. The topological polar surface area (TPSA) is 52.6 Å². The summed E-state index contributed by atoms with van der Waals surface area (Å²) in [6.45, 7) is 8.37. The number of likely N-dealkylation sites (N-methyl/N-ethyl adjacent to an activating group) is 1. The molecule has 0 bridgehead atoms. The monoisotopic (exact) mass is 270 g/mol. The second kappa shape index (κ2) is 6.23. The van der Waals surface area contributed by atoms with Gasteiger partial charge in [0.1, 0.15) is 5.54 Å². The maximum absolute atomic E-state index is 11.6. The Morgan fingerprint density at radius 3 is 2.21 bits per heavy atom. The van der Waals surface area contributed by atoms with Crippen LogP contribution in [0.15, 0.2) is 0 Å². The second-order valence-corrected chi connectivity index (χ2v) is 7.26. The number of hydrogen-bond acceptors (Lipinski definition) is 3. The molecule has 0 amide bonds. The molecule has 112 valence electrons. The van der Waals surface area contributed by atoms with Crippen molar-refractivity contribution < 1.29 is 9.90 Å². The van der Waals surface area contributed by atoms with Gasteiger partial charge in [0, 0.05) is 13.1 Å². The molecule has 2 N–H and O–H groups in total. The van der Waals surface area contributed by atoms with Crippen LogP contribution in [0.3, 0.4) is 0 Å². The third kappa shape index (κ3) is 4.46. The van der Waals surface area contributed by atoms with Crippen molar-refractivity contribution in [3.8, 4) is 0 Å². The van der Waals surface area contributed by atoms with E-state index in [1.54, 1.807) is 0 Å². The van der Waals surface area contributed by atoms with Gasteiger partial charge in [-0.3, -0.25) is 4.79 Å². The van der Waals surface area contributed by atoms with Crippen molar-refractivity contribution in [1.82, 2.24) is 10.2 Å². The van der Waals surface area contributed by atoms with Crippen LogP contribution >= 0.6 is 0 Å². The predicted molar refractivity (Wildman–Crippen MR) is 78.3 cm³/mol. The van der Waals surface area contributed by atoms with Gasteiger partial charge in [0.15, 0.2) is 0 Å². The molecule has 1 aliphatic carbocycles. The van der Waals surface area contributed by atoms with Gasteiger partial charge in [0.25, 0.3) is 0 Å². The summed E-state index contributed by atoms with van der Waals surface area (Å²) in [6, 6.07) is 0. The van der Waals surface area contributed by atoms with Crippen molar-refractivity contribution in [3.63, 3.8) is 0 Å². The highest BCUT2D eigenvalue weighted by atomic mass is 16.4. The molecular weight excluding hydrogens is 240 g/mol. The summed E-state index contributed by atoms with van der Waals surface area (Å²) in [5.41, 5.74) is -0.411. The van der Waals surface area contributed by atoms with E-state index in [0.29, 0.717) is 5.92 Å². The zero-order chi connectivity index (χ0) is 14.7. The molecule has 0 spiro atoms. The molecule has 1 aliphatic rings. The van der Waals surface area contributed by atoms with Crippen molar-refractivity contribution >= 4 is 5.97 Å². The van der Waals surface area contributed by atoms with E-state index in [2.05, 4.69) is 31.0 Å². The van der Waals surface area contributed by atoms with Crippen LogP contribution in [0.2, 0.25) is 0 Å². The predicted octanol–water partition coefficient (Wildman–Crippen LogP) is 2.20. The van der Waals surface area contributed by atoms with Gasteiger partial charge >= 0.3 is 5.97 Å². The average molecular weight is 270 g/mol. The van der Waals surface area contributed by atoms with Crippen LogP contribution in [0, 0.1) is 11.3 Å². The summed E-state index contributed by atoms with van der Waals surface area (Å²) in [7, 11) is 4.01. The van der Waals surface area contributed by atoms with Crippen LogP contribution < -0.4 is 5.32 Å². The molecule has 0 aromatic carbocycles. The Bertz CT molecular complexity index is 300. The number of hydrogen-bond donors (Lipinski definition) is 2. The lowest BCUT2D eigenvalue weighted by atomic mass is 9.67. The maximum atomic E-state index is 11.6. The molecule has 0 saturated heterocycles. The maximum Gasteiger partial charge on any atom is 0.323 e. The number of carbonyl (C=O) groups is 1. The van der Waals surface area contributed by atoms with Gasteiger partial charge < -0.3 is 15.3 Å². The van der Waals surface area contributed by atoms with Gasteiger partial charge in [0.2, 0.25) is 0 Å². The number of aliphatic carboxylic acids is 1. The van der Waals surface area contributed by atoms with Crippen LogP contribution in [-0.2, 0) is 4.79 Å². The number of nitrogens with zero attached hydrogens (tertiary/aromatic N) is 1. The fraction of sp³-hybridized carbons (Fsp3) is 0.933. The van der Waals surface area contributed by atoms with E-state index in [1.807, 2.05) is 14.1 Å². The Morgan fingerprint density at radius 2 is 1.84 bits per heavy atom. The number of carboxylic acids is 1. The fourth-order valence-electron chi connectivity index (χ4n) is 2.96. The molecule has 0 atom stereocenters. The number of carboxylic acid groups (broad SMARTS) is 1. The number of nitrogens with one attached hydrogen (secondary N) is 1. The van der Waals surface area contributed by atoms with Gasteiger partial charge in [-0.05, 0) is 51.1 Å². The Morgan fingerprint density at radius 1 is 1.32 bits per heavy atom. The first-order valence-corrected chi connectivity index (χ1v) is 7.30. The van der Waals surface area contributed by atoms with Gasteiger partial charge in [-0.1, -0.05) is 20.8 Å². The van der Waals surface area contributed by atoms with E-state index in [9.17, 15) is 9.90 Å². The largest absolute Gasteiger partial charge is 0.480 e. The molecule has 1 saturated carbocycles. The lowest BCUT2D eigenvalue weighted by Crippen LogP contribution is -2.56. The lowest BCUT2D eigenvalue weighted by Gasteiger charge is -2.42. The molecular formula is C15H30N2O2. The Hall–Kier alpha value is -0.610. The Labute approximate surface area is 117 Å². The van der Waals surface area contributed by atoms with Crippen LogP contribution in [0.5, 0.6) is 0 Å². The number of rotatable bonds is 5. The summed E-state index contributed by atoms with van der Waals surface area (Å²) in [5, 5.41) is 12.9. The molecule has 4 heteroatoms. The summed E-state index contributed by atoms with van der Waals surface area (Å²) >= 11 is 0. The minimum Gasteiger partial charge on any atom is -0.480 e. The zero-order valence-electron chi connectivity index (χ0n) is 13.1. The molecule has 0 radical (unpaired) electrons. The first-order chi connectivity index (χ1) is 8.67. The molecule has 0 aliphatic heterocycles. The highest BCUT2D eigenvalue weighted by Gasteiger charge is 2.43. The second-order valence-electron chi connectivity index (χ2n) is 7.26.